The third-order valence-electron chi connectivity index (χ3n) is 3.79. The zero-order valence-electron chi connectivity index (χ0n) is 11.4. The van der Waals surface area contributed by atoms with E-state index >= 15 is 0 Å². The third-order valence-corrected chi connectivity index (χ3v) is 4.29. The quantitative estimate of drug-likeness (QED) is 0.896. The van der Waals surface area contributed by atoms with Gasteiger partial charge in [-0.05, 0) is 37.0 Å². The van der Waals surface area contributed by atoms with Crippen LogP contribution in [0, 0.1) is 12.8 Å². The molecular weight excluding hydrogens is 318 g/mol. The Morgan fingerprint density at radius 2 is 2.20 bits per heavy atom. The summed E-state index contributed by atoms with van der Waals surface area (Å²) in [5, 5.41) is 10.0. The Morgan fingerprint density at radius 3 is 2.90 bits per heavy atom. The number of nitrogens with one attached hydrogen (secondary N) is 2. The van der Waals surface area contributed by atoms with Gasteiger partial charge in [0, 0.05) is 27.7 Å². The van der Waals surface area contributed by atoms with Crippen LogP contribution in [0.15, 0.2) is 28.7 Å². The van der Waals surface area contributed by atoms with E-state index in [1.807, 2.05) is 31.2 Å². The van der Waals surface area contributed by atoms with Gasteiger partial charge >= 0.3 is 0 Å². The number of H-pyrrole nitrogens is 1. The standard InChI is InChI=1S/C15H16BrN3O/c1-8-3-4-10(16)6-12(8)15(20)17-14-7-13(18-19-14)11-5-9(11)2/h3-4,6-7,9,11H,5H2,1-2H3,(H2,17,18,19,20). The number of aromatic nitrogens is 2. The second-order valence-electron chi connectivity index (χ2n) is 5.44. The van der Waals surface area contributed by atoms with Crippen molar-refractivity contribution in [3.63, 3.8) is 0 Å². The normalized spacial score (nSPS) is 20.8. The number of hydrogen-bond acceptors (Lipinski definition) is 2. The first kappa shape index (κ1) is 13.4. The molecule has 2 unspecified atom stereocenters. The summed E-state index contributed by atoms with van der Waals surface area (Å²) in [5.74, 6) is 1.74. The molecule has 2 aromatic rings. The van der Waals surface area contributed by atoms with Gasteiger partial charge in [0.2, 0.25) is 0 Å². The number of carbonyl (C=O) groups is 1. The fourth-order valence-corrected chi connectivity index (χ4v) is 2.73. The molecule has 0 aliphatic heterocycles. The highest BCUT2D eigenvalue weighted by atomic mass is 79.9. The van der Waals surface area contributed by atoms with Crippen LogP contribution in [0.3, 0.4) is 0 Å². The van der Waals surface area contributed by atoms with Gasteiger partial charge in [0.1, 0.15) is 0 Å². The molecule has 1 aliphatic carbocycles. The lowest BCUT2D eigenvalue weighted by Gasteiger charge is -2.05. The summed E-state index contributed by atoms with van der Waals surface area (Å²) in [6.45, 7) is 4.14. The number of rotatable bonds is 3. The van der Waals surface area contributed by atoms with Gasteiger partial charge < -0.3 is 5.32 Å². The summed E-state index contributed by atoms with van der Waals surface area (Å²) < 4.78 is 0.891. The number of hydrogen-bond donors (Lipinski definition) is 2. The number of carbonyl (C=O) groups excluding carboxylic acids is 1. The van der Waals surface area contributed by atoms with Crippen LogP contribution in [0.1, 0.15) is 40.9 Å². The Morgan fingerprint density at radius 1 is 1.45 bits per heavy atom. The Labute approximate surface area is 126 Å². The highest BCUT2D eigenvalue weighted by molar-refractivity contribution is 9.10. The largest absolute Gasteiger partial charge is 0.305 e. The van der Waals surface area contributed by atoms with Crippen molar-refractivity contribution in [1.82, 2.24) is 10.2 Å². The maximum Gasteiger partial charge on any atom is 0.257 e. The molecule has 2 atom stereocenters. The lowest BCUT2D eigenvalue weighted by molar-refractivity contribution is 0.102. The monoisotopic (exact) mass is 333 g/mol. The molecule has 1 saturated carbocycles. The number of aryl methyl sites for hydroxylation is 1. The molecule has 0 radical (unpaired) electrons. The minimum Gasteiger partial charge on any atom is -0.305 e. The topological polar surface area (TPSA) is 57.8 Å². The molecule has 1 aromatic carbocycles. The van der Waals surface area contributed by atoms with Crippen LogP contribution in [0.5, 0.6) is 0 Å². The van der Waals surface area contributed by atoms with Gasteiger partial charge in [-0.2, -0.15) is 5.10 Å². The van der Waals surface area contributed by atoms with Crippen LogP contribution in [-0.4, -0.2) is 16.1 Å². The van der Waals surface area contributed by atoms with Gasteiger partial charge in [0.05, 0.1) is 0 Å². The first-order valence-corrected chi connectivity index (χ1v) is 7.46. The van der Waals surface area contributed by atoms with Crippen LogP contribution in [0.25, 0.3) is 0 Å². The molecule has 1 heterocycles. The molecule has 1 aliphatic rings. The predicted octanol–water partition coefficient (Wildman–Crippen LogP) is 3.86. The molecule has 1 amide bonds. The molecule has 5 heteroatoms. The second kappa shape index (κ2) is 5.05. The van der Waals surface area contributed by atoms with E-state index < -0.39 is 0 Å². The minimum absolute atomic E-state index is 0.134. The predicted molar refractivity (Wildman–Crippen MR) is 81.9 cm³/mol. The highest BCUT2D eigenvalue weighted by Gasteiger charge is 2.35. The average molecular weight is 334 g/mol. The van der Waals surface area contributed by atoms with Gasteiger partial charge in [-0.3, -0.25) is 9.89 Å². The van der Waals surface area contributed by atoms with Crippen molar-refractivity contribution in [3.8, 4) is 0 Å². The Bertz CT molecular complexity index is 665. The van der Waals surface area contributed by atoms with E-state index in [9.17, 15) is 4.79 Å². The highest BCUT2D eigenvalue weighted by Crippen LogP contribution is 2.46. The SMILES string of the molecule is Cc1ccc(Br)cc1C(=O)Nc1cc(C2CC2C)[nH]n1. The van der Waals surface area contributed by atoms with Crippen LogP contribution in [0.2, 0.25) is 0 Å². The van der Waals surface area contributed by atoms with Crippen molar-refractivity contribution in [1.29, 1.82) is 0 Å². The first-order valence-electron chi connectivity index (χ1n) is 6.67. The van der Waals surface area contributed by atoms with Crippen molar-refractivity contribution in [2.45, 2.75) is 26.2 Å². The van der Waals surface area contributed by atoms with E-state index in [-0.39, 0.29) is 5.91 Å². The maximum atomic E-state index is 12.3. The average Bonchev–Trinajstić information content (AvgIpc) is 2.96. The number of amides is 1. The number of anilines is 1. The summed E-state index contributed by atoms with van der Waals surface area (Å²) in [4.78, 5) is 12.3. The molecule has 104 valence electrons. The Balaban J connectivity index is 1.75. The second-order valence-corrected chi connectivity index (χ2v) is 6.36. The Kier molecular flexibility index (Phi) is 3.38. The molecule has 4 nitrogen and oxygen atoms in total. The molecule has 0 spiro atoms. The fraction of sp³-hybridized carbons (Fsp3) is 0.333. The molecular formula is C15H16BrN3O. The van der Waals surface area contributed by atoms with Gasteiger partial charge in [-0.1, -0.05) is 28.9 Å². The van der Waals surface area contributed by atoms with Crippen LogP contribution >= 0.6 is 15.9 Å². The molecule has 1 fully saturated rings. The number of aromatic amines is 1. The summed E-state index contributed by atoms with van der Waals surface area (Å²) in [6, 6.07) is 7.59. The van der Waals surface area contributed by atoms with Crippen molar-refractivity contribution in [2.24, 2.45) is 5.92 Å². The van der Waals surface area contributed by atoms with E-state index in [1.54, 1.807) is 0 Å². The summed E-state index contributed by atoms with van der Waals surface area (Å²) in [7, 11) is 0. The van der Waals surface area contributed by atoms with E-state index in [4.69, 9.17) is 0 Å². The zero-order valence-corrected chi connectivity index (χ0v) is 13.0. The summed E-state index contributed by atoms with van der Waals surface area (Å²) in [5.41, 5.74) is 2.71. The summed E-state index contributed by atoms with van der Waals surface area (Å²) >= 11 is 3.39. The lowest BCUT2D eigenvalue weighted by Crippen LogP contribution is -2.13. The molecule has 0 bridgehead atoms. The van der Waals surface area contributed by atoms with Crippen molar-refractivity contribution in [3.05, 3.63) is 45.6 Å². The smallest absolute Gasteiger partial charge is 0.257 e. The van der Waals surface area contributed by atoms with Crippen molar-refractivity contribution in [2.75, 3.05) is 5.32 Å². The van der Waals surface area contributed by atoms with Gasteiger partial charge in [-0.25, -0.2) is 0 Å². The van der Waals surface area contributed by atoms with Crippen LogP contribution in [-0.2, 0) is 0 Å². The Hall–Kier alpha value is -1.62. The number of halogens is 1. The number of nitrogens with zero attached hydrogens (tertiary/aromatic N) is 1. The van der Waals surface area contributed by atoms with E-state index in [1.165, 1.54) is 6.42 Å². The van der Waals surface area contributed by atoms with Crippen molar-refractivity contribution >= 4 is 27.7 Å². The van der Waals surface area contributed by atoms with Gasteiger partial charge in [0.15, 0.2) is 5.82 Å². The molecule has 0 saturated heterocycles. The molecule has 3 rings (SSSR count). The van der Waals surface area contributed by atoms with Gasteiger partial charge in [0.25, 0.3) is 5.91 Å². The molecule has 20 heavy (non-hydrogen) atoms. The lowest BCUT2D eigenvalue weighted by atomic mass is 10.1. The maximum absolute atomic E-state index is 12.3. The van der Waals surface area contributed by atoms with Crippen LogP contribution < -0.4 is 5.32 Å². The van der Waals surface area contributed by atoms with E-state index in [0.717, 1.165) is 15.7 Å². The number of benzene rings is 1. The molecule has 2 N–H and O–H groups in total. The van der Waals surface area contributed by atoms with E-state index in [2.05, 4.69) is 38.4 Å². The van der Waals surface area contributed by atoms with Crippen LogP contribution in [0.4, 0.5) is 5.82 Å². The van der Waals surface area contributed by atoms with E-state index in [0.29, 0.717) is 23.2 Å². The van der Waals surface area contributed by atoms with Gasteiger partial charge in [-0.15, -0.1) is 0 Å². The van der Waals surface area contributed by atoms with Crippen molar-refractivity contribution < 1.29 is 4.79 Å². The fourth-order valence-electron chi connectivity index (χ4n) is 2.37. The summed E-state index contributed by atoms with van der Waals surface area (Å²) in [6.07, 6.45) is 1.19. The first-order chi connectivity index (χ1) is 9.54. The minimum atomic E-state index is -0.134. The third kappa shape index (κ3) is 2.63. The molecule has 1 aromatic heterocycles. The zero-order chi connectivity index (χ0) is 14.3.